The Balaban J connectivity index is 2.12. The summed E-state index contributed by atoms with van der Waals surface area (Å²) in [6, 6.07) is 8.59. The van der Waals surface area contributed by atoms with Gasteiger partial charge in [0.05, 0.1) is 5.69 Å². The third-order valence-corrected chi connectivity index (χ3v) is 3.36. The molecule has 0 unspecified atom stereocenters. The largest absolute Gasteiger partial charge is 0.379 e. The van der Waals surface area contributed by atoms with E-state index in [0.29, 0.717) is 12.1 Å². The highest BCUT2D eigenvalue weighted by atomic mass is 79.9. The van der Waals surface area contributed by atoms with Crippen molar-refractivity contribution in [1.82, 2.24) is 4.98 Å². The van der Waals surface area contributed by atoms with Crippen LogP contribution < -0.4 is 5.32 Å². The Labute approximate surface area is 116 Å². The van der Waals surface area contributed by atoms with Crippen LogP contribution in [0.2, 0.25) is 0 Å². The van der Waals surface area contributed by atoms with E-state index >= 15 is 0 Å². The van der Waals surface area contributed by atoms with Crippen molar-refractivity contribution < 1.29 is 4.39 Å². The van der Waals surface area contributed by atoms with Crippen LogP contribution in [-0.4, -0.2) is 4.98 Å². The van der Waals surface area contributed by atoms with Crippen LogP contribution in [0.15, 0.2) is 45.6 Å². The van der Waals surface area contributed by atoms with Gasteiger partial charge in [-0.05, 0) is 46.3 Å². The fourth-order valence-corrected chi connectivity index (χ4v) is 2.19. The molecule has 17 heavy (non-hydrogen) atoms. The molecule has 1 aromatic heterocycles. The van der Waals surface area contributed by atoms with Crippen molar-refractivity contribution in [3.63, 3.8) is 0 Å². The van der Waals surface area contributed by atoms with Crippen molar-refractivity contribution in [3.05, 3.63) is 57.0 Å². The quantitative estimate of drug-likeness (QED) is 0.823. The molecule has 0 spiro atoms. The van der Waals surface area contributed by atoms with E-state index in [0.717, 1.165) is 14.8 Å². The number of hydrogen-bond acceptors (Lipinski definition) is 2. The van der Waals surface area contributed by atoms with Crippen molar-refractivity contribution in [2.45, 2.75) is 6.54 Å². The molecule has 5 heteroatoms. The van der Waals surface area contributed by atoms with Crippen LogP contribution in [0, 0.1) is 5.82 Å². The predicted molar refractivity (Wildman–Crippen MR) is 73.4 cm³/mol. The van der Waals surface area contributed by atoms with E-state index in [4.69, 9.17) is 0 Å². The molecule has 0 aliphatic carbocycles. The fourth-order valence-electron chi connectivity index (χ4n) is 1.39. The first-order valence-electron chi connectivity index (χ1n) is 4.95. The Morgan fingerprint density at radius 1 is 1.24 bits per heavy atom. The molecule has 2 rings (SSSR count). The zero-order chi connectivity index (χ0) is 12.3. The molecular weight excluding hydrogens is 351 g/mol. The molecular formula is C12H9Br2FN2. The third kappa shape index (κ3) is 3.26. The third-order valence-electron chi connectivity index (χ3n) is 2.24. The summed E-state index contributed by atoms with van der Waals surface area (Å²) >= 11 is 6.65. The maximum Gasteiger partial charge on any atom is 0.129 e. The van der Waals surface area contributed by atoms with Crippen molar-refractivity contribution in [2.75, 3.05) is 5.32 Å². The number of pyridine rings is 1. The Hall–Kier alpha value is -0.940. The molecule has 0 fully saturated rings. The van der Waals surface area contributed by atoms with Crippen LogP contribution in [0.5, 0.6) is 0 Å². The lowest BCUT2D eigenvalue weighted by atomic mass is 10.2. The first-order valence-corrected chi connectivity index (χ1v) is 6.54. The smallest absolute Gasteiger partial charge is 0.129 e. The van der Waals surface area contributed by atoms with Gasteiger partial charge in [-0.3, -0.25) is 0 Å². The van der Waals surface area contributed by atoms with Gasteiger partial charge in [0, 0.05) is 22.8 Å². The topological polar surface area (TPSA) is 24.9 Å². The molecule has 0 saturated heterocycles. The zero-order valence-electron chi connectivity index (χ0n) is 8.75. The maximum atomic E-state index is 13.5. The molecule has 0 atom stereocenters. The number of nitrogens with zero attached hydrogens (tertiary/aromatic N) is 1. The summed E-state index contributed by atoms with van der Waals surface area (Å²) in [7, 11) is 0. The molecule has 1 heterocycles. The van der Waals surface area contributed by atoms with E-state index in [1.54, 1.807) is 18.3 Å². The van der Waals surface area contributed by atoms with Gasteiger partial charge >= 0.3 is 0 Å². The molecule has 0 bridgehead atoms. The second kappa shape index (κ2) is 5.60. The summed E-state index contributed by atoms with van der Waals surface area (Å²) < 4.78 is 15.1. The highest BCUT2D eigenvalue weighted by Crippen LogP contribution is 2.21. The minimum absolute atomic E-state index is 0.222. The van der Waals surface area contributed by atoms with E-state index in [9.17, 15) is 4.39 Å². The van der Waals surface area contributed by atoms with Crippen molar-refractivity contribution in [2.24, 2.45) is 0 Å². The normalized spacial score (nSPS) is 10.3. The van der Waals surface area contributed by atoms with Crippen LogP contribution >= 0.6 is 31.9 Å². The fraction of sp³-hybridized carbons (Fsp3) is 0.0833. The van der Waals surface area contributed by atoms with E-state index in [2.05, 4.69) is 42.2 Å². The molecule has 0 aliphatic heterocycles. The second-order valence-electron chi connectivity index (χ2n) is 3.43. The first-order chi connectivity index (χ1) is 8.16. The second-order valence-corrected chi connectivity index (χ2v) is 5.10. The molecule has 1 N–H and O–H groups in total. The summed E-state index contributed by atoms with van der Waals surface area (Å²) in [6.07, 6.45) is 1.69. The number of nitrogens with one attached hydrogen (secondary N) is 1. The zero-order valence-corrected chi connectivity index (χ0v) is 11.9. The molecule has 2 aromatic rings. The lowest BCUT2D eigenvalue weighted by molar-refractivity contribution is 0.612. The molecule has 88 valence electrons. The van der Waals surface area contributed by atoms with Crippen LogP contribution in [-0.2, 0) is 6.54 Å². The van der Waals surface area contributed by atoms with Gasteiger partial charge in [0.1, 0.15) is 10.4 Å². The highest BCUT2D eigenvalue weighted by Gasteiger charge is 2.04. The van der Waals surface area contributed by atoms with Gasteiger partial charge in [-0.1, -0.05) is 15.9 Å². The number of hydrogen-bond donors (Lipinski definition) is 1. The number of aromatic nitrogens is 1. The molecule has 2 nitrogen and oxygen atoms in total. The van der Waals surface area contributed by atoms with Gasteiger partial charge < -0.3 is 5.32 Å². The number of halogens is 3. The minimum atomic E-state index is -0.222. The molecule has 0 radical (unpaired) electrons. The van der Waals surface area contributed by atoms with Gasteiger partial charge in [-0.2, -0.15) is 0 Å². The van der Waals surface area contributed by atoms with E-state index in [1.165, 1.54) is 6.07 Å². The lowest BCUT2D eigenvalue weighted by Gasteiger charge is -2.08. The Kier molecular flexibility index (Phi) is 4.12. The van der Waals surface area contributed by atoms with Crippen LogP contribution in [0.3, 0.4) is 0 Å². The maximum absolute atomic E-state index is 13.5. The van der Waals surface area contributed by atoms with Crippen LogP contribution in [0.25, 0.3) is 0 Å². The van der Waals surface area contributed by atoms with E-state index < -0.39 is 0 Å². The van der Waals surface area contributed by atoms with Crippen molar-refractivity contribution >= 4 is 37.5 Å². The molecule has 0 amide bonds. The SMILES string of the molecule is Fc1ccc(Br)cc1CNc1cccnc1Br. The first kappa shape index (κ1) is 12.5. The minimum Gasteiger partial charge on any atom is -0.379 e. The van der Waals surface area contributed by atoms with Crippen molar-refractivity contribution in [3.8, 4) is 0 Å². The van der Waals surface area contributed by atoms with Gasteiger partial charge in [0.15, 0.2) is 0 Å². The number of rotatable bonds is 3. The average Bonchev–Trinajstić information content (AvgIpc) is 2.32. The lowest BCUT2D eigenvalue weighted by Crippen LogP contribution is -2.02. The summed E-state index contributed by atoms with van der Waals surface area (Å²) in [5.41, 5.74) is 1.45. The van der Waals surface area contributed by atoms with Gasteiger partial charge in [0.2, 0.25) is 0 Å². The number of anilines is 1. The average molecular weight is 360 g/mol. The van der Waals surface area contributed by atoms with Crippen molar-refractivity contribution in [1.29, 1.82) is 0 Å². The standard InChI is InChI=1S/C12H9Br2FN2/c13-9-3-4-10(15)8(6-9)7-17-11-2-1-5-16-12(11)14/h1-6,17H,7H2. The van der Waals surface area contributed by atoms with Gasteiger partial charge in [-0.15, -0.1) is 0 Å². The summed E-state index contributed by atoms with van der Waals surface area (Å²) in [6.45, 7) is 0.412. The Morgan fingerprint density at radius 3 is 2.82 bits per heavy atom. The summed E-state index contributed by atoms with van der Waals surface area (Å²) in [4.78, 5) is 4.08. The van der Waals surface area contributed by atoms with E-state index in [1.807, 2.05) is 12.1 Å². The van der Waals surface area contributed by atoms with Crippen LogP contribution in [0.1, 0.15) is 5.56 Å². The summed E-state index contributed by atoms with van der Waals surface area (Å²) in [5, 5.41) is 3.13. The van der Waals surface area contributed by atoms with Gasteiger partial charge in [-0.25, -0.2) is 9.37 Å². The monoisotopic (exact) mass is 358 g/mol. The molecule has 0 aliphatic rings. The van der Waals surface area contributed by atoms with Gasteiger partial charge in [0.25, 0.3) is 0 Å². The summed E-state index contributed by atoms with van der Waals surface area (Å²) in [5.74, 6) is -0.222. The molecule has 0 saturated carbocycles. The Bertz CT molecular complexity index is 532. The highest BCUT2D eigenvalue weighted by molar-refractivity contribution is 9.10. The number of benzene rings is 1. The predicted octanol–water partition coefficient (Wildman–Crippen LogP) is 4.36. The molecule has 1 aromatic carbocycles. The van der Waals surface area contributed by atoms with Crippen LogP contribution in [0.4, 0.5) is 10.1 Å². The Morgan fingerprint density at radius 2 is 2.06 bits per heavy atom. The van der Waals surface area contributed by atoms with E-state index in [-0.39, 0.29) is 5.82 Å².